The summed E-state index contributed by atoms with van der Waals surface area (Å²) in [6.07, 6.45) is 4.15. The van der Waals surface area contributed by atoms with E-state index in [1.165, 1.54) is 18.9 Å². The topological polar surface area (TPSA) is 70.5 Å². The van der Waals surface area contributed by atoms with E-state index in [9.17, 15) is 9.59 Å². The first kappa shape index (κ1) is 19.2. The van der Waals surface area contributed by atoms with Crippen molar-refractivity contribution in [3.8, 4) is 5.69 Å². The molecule has 2 amide bonds. The Kier molecular flexibility index (Phi) is 5.38. The number of hydrogen-bond donors (Lipinski definition) is 1. The van der Waals surface area contributed by atoms with Crippen LogP contribution in [0.2, 0.25) is 0 Å². The van der Waals surface area contributed by atoms with Crippen molar-refractivity contribution in [1.29, 1.82) is 0 Å². The monoisotopic (exact) mass is 393 g/mol. The summed E-state index contributed by atoms with van der Waals surface area (Å²) in [4.78, 5) is 27.6. The lowest BCUT2D eigenvalue weighted by molar-refractivity contribution is -0.126. The summed E-state index contributed by atoms with van der Waals surface area (Å²) in [7, 11) is 0. The number of amides is 2. The van der Waals surface area contributed by atoms with Gasteiger partial charge in [0, 0.05) is 56.0 Å². The molecule has 4 rings (SSSR count). The average molecular weight is 393 g/mol. The predicted molar refractivity (Wildman–Crippen MR) is 113 cm³/mol. The number of aromatic nitrogens is 2. The van der Waals surface area contributed by atoms with Crippen LogP contribution in [0.25, 0.3) is 5.69 Å². The first-order chi connectivity index (χ1) is 14.1. The van der Waals surface area contributed by atoms with Gasteiger partial charge in [0.15, 0.2) is 5.82 Å². The molecular formula is C22H27N5O2. The second-order valence-electron chi connectivity index (χ2n) is 7.58. The third-order valence-corrected chi connectivity index (χ3v) is 5.55. The molecule has 7 heteroatoms. The van der Waals surface area contributed by atoms with Crippen LogP contribution in [0.3, 0.4) is 0 Å². The molecule has 2 aliphatic rings. The SMILES string of the molecule is C=CC(=O)N1CCN(c2ccc(-n3nc(NC(=O)CC)cc3C3CC3)cc2)CC1. The lowest BCUT2D eigenvalue weighted by Crippen LogP contribution is -2.48. The van der Waals surface area contributed by atoms with Crippen molar-refractivity contribution in [1.82, 2.24) is 14.7 Å². The van der Waals surface area contributed by atoms with Gasteiger partial charge in [-0.25, -0.2) is 4.68 Å². The maximum absolute atomic E-state index is 11.7. The summed E-state index contributed by atoms with van der Waals surface area (Å²) >= 11 is 0. The number of benzene rings is 1. The lowest BCUT2D eigenvalue weighted by atomic mass is 10.2. The number of hydrogen-bond acceptors (Lipinski definition) is 4. The highest BCUT2D eigenvalue weighted by molar-refractivity contribution is 5.89. The van der Waals surface area contributed by atoms with Crippen molar-refractivity contribution in [2.45, 2.75) is 32.1 Å². The van der Waals surface area contributed by atoms with Crippen molar-refractivity contribution >= 4 is 23.3 Å². The summed E-state index contributed by atoms with van der Waals surface area (Å²) in [5.74, 6) is 1.11. The molecule has 2 aromatic rings. The zero-order valence-corrected chi connectivity index (χ0v) is 16.8. The molecule has 1 saturated heterocycles. The van der Waals surface area contributed by atoms with Crippen LogP contribution in [-0.2, 0) is 9.59 Å². The van der Waals surface area contributed by atoms with E-state index in [0.29, 0.717) is 31.2 Å². The molecule has 0 atom stereocenters. The standard InChI is InChI=1S/C22H27N5O2/c1-3-21(28)23-20-15-19(16-5-6-16)27(24-20)18-9-7-17(8-10-18)25-11-13-26(14-12-25)22(29)4-2/h4,7-10,15-16H,2-3,5-6,11-14H2,1H3,(H,23,24,28). The molecule has 0 bridgehead atoms. The molecule has 152 valence electrons. The van der Waals surface area contributed by atoms with Crippen LogP contribution in [-0.4, -0.2) is 52.7 Å². The molecule has 0 unspecified atom stereocenters. The van der Waals surface area contributed by atoms with E-state index in [2.05, 4.69) is 46.2 Å². The highest BCUT2D eigenvalue weighted by Gasteiger charge is 2.29. The Morgan fingerprint density at radius 3 is 2.38 bits per heavy atom. The quantitative estimate of drug-likeness (QED) is 0.766. The smallest absolute Gasteiger partial charge is 0.246 e. The van der Waals surface area contributed by atoms with E-state index >= 15 is 0 Å². The van der Waals surface area contributed by atoms with Crippen LogP contribution in [0.4, 0.5) is 11.5 Å². The van der Waals surface area contributed by atoms with Crippen molar-refractivity contribution < 1.29 is 9.59 Å². The normalized spacial score (nSPS) is 16.6. The number of carbonyl (C=O) groups is 2. The van der Waals surface area contributed by atoms with Crippen molar-refractivity contribution in [2.24, 2.45) is 0 Å². The van der Waals surface area contributed by atoms with Crippen molar-refractivity contribution in [3.05, 3.63) is 48.7 Å². The predicted octanol–water partition coefficient (Wildman–Crippen LogP) is 2.93. The molecule has 1 aliphatic heterocycles. The molecule has 0 radical (unpaired) electrons. The average Bonchev–Trinajstić information content (AvgIpc) is 3.53. The Bertz CT molecular complexity index is 906. The van der Waals surface area contributed by atoms with Gasteiger partial charge in [0.2, 0.25) is 11.8 Å². The van der Waals surface area contributed by atoms with Crippen LogP contribution in [0.15, 0.2) is 43.0 Å². The van der Waals surface area contributed by atoms with Crippen LogP contribution in [0, 0.1) is 0 Å². The minimum absolute atomic E-state index is 0.00254. The van der Waals surface area contributed by atoms with Crippen molar-refractivity contribution in [3.63, 3.8) is 0 Å². The van der Waals surface area contributed by atoms with Crippen LogP contribution in [0.1, 0.15) is 37.8 Å². The fourth-order valence-corrected chi connectivity index (χ4v) is 3.68. The molecule has 1 N–H and O–H groups in total. The minimum atomic E-state index is -0.0265. The Morgan fingerprint density at radius 2 is 1.79 bits per heavy atom. The summed E-state index contributed by atoms with van der Waals surface area (Å²) in [5, 5.41) is 7.50. The number of carbonyl (C=O) groups excluding carboxylic acids is 2. The van der Waals surface area contributed by atoms with Gasteiger partial charge in [-0.1, -0.05) is 13.5 Å². The van der Waals surface area contributed by atoms with Gasteiger partial charge in [-0.3, -0.25) is 9.59 Å². The molecule has 1 aromatic heterocycles. The number of nitrogens with one attached hydrogen (secondary N) is 1. The number of nitrogens with zero attached hydrogens (tertiary/aromatic N) is 4. The third-order valence-electron chi connectivity index (χ3n) is 5.55. The van der Waals surface area contributed by atoms with Crippen molar-refractivity contribution in [2.75, 3.05) is 36.4 Å². The Balaban J connectivity index is 1.49. The van der Waals surface area contributed by atoms with E-state index in [1.54, 1.807) is 0 Å². The van der Waals surface area contributed by atoms with Gasteiger partial charge in [-0.05, 0) is 43.2 Å². The molecule has 2 heterocycles. The van der Waals surface area contributed by atoms with E-state index in [1.807, 2.05) is 22.6 Å². The van der Waals surface area contributed by atoms with Gasteiger partial charge in [0.1, 0.15) is 0 Å². The fraction of sp³-hybridized carbons (Fsp3) is 0.409. The number of rotatable bonds is 6. The molecule has 1 saturated carbocycles. The Labute approximate surface area is 171 Å². The van der Waals surface area contributed by atoms with Gasteiger partial charge in [-0.15, -0.1) is 5.10 Å². The van der Waals surface area contributed by atoms with Crippen LogP contribution in [0.5, 0.6) is 0 Å². The highest BCUT2D eigenvalue weighted by Crippen LogP contribution is 2.41. The maximum Gasteiger partial charge on any atom is 0.246 e. The largest absolute Gasteiger partial charge is 0.368 e. The maximum atomic E-state index is 11.7. The second-order valence-corrected chi connectivity index (χ2v) is 7.58. The molecule has 29 heavy (non-hydrogen) atoms. The van der Waals surface area contributed by atoms with Gasteiger partial charge in [0.05, 0.1) is 5.69 Å². The lowest BCUT2D eigenvalue weighted by Gasteiger charge is -2.35. The summed E-state index contributed by atoms with van der Waals surface area (Å²) in [6, 6.07) is 10.3. The zero-order valence-electron chi connectivity index (χ0n) is 16.8. The first-order valence-corrected chi connectivity index (χ1v) is 10.3. The van der Waals surface area contributed by atoms with Gasteiger partial charge < -0.3 is 15.1 Å². The fourth-order valence-electron chi connectivity index (χ4n) is 3.68. The van der Waals surface area contributed by atoms with Crippen LogP contribution >= 0.6 is 0 Å². The number of anilines is 2. The Hall–Kier alpha value is -3.09. The van der Waals surface area contributed by atoms with Gasteiger partial charge in [0.25, 0.3) is 0 Å². The zero-order chi connectivity index (χ0) is 20.4. The minimum Gasteiger partial charge on any atom is -0.368 e. The summed E-state index contributed by atoms with van der Waals surface area (Å²) < 4.78 is 1.95. The Morgan fingerprint density at radius 1 is 1.14 bits per heavy atom. The molecule has 1 aromatic carbocycles. The molecule has 2 fully saturated rings. The molecule has 1 aliphatic carbocycles. The first-order valence-electron chi connectivity index (χ1n) is 10.3. The van der Waals surface area contributed by atoms with E-state index < -0.39 is 0 Å². The van der Waals surface area contributed by atoms with Crippen LogP contribution < -0.4 is 10.2 Å². The summed E-state index contributed by atoms with van der Waals surface area (Å²) in [5.41, 5.74) is 3.29. The highest BCUT2D eigenvalue weighted by atomic mass is 16.2. The third kappa shape index (κ3) is 4.18. The second kappa shape index (κ2) is 8.11. The molecule has 0 spiro atoms. The van der Waals surface area contributed by atoms with E-state index in [4.69, 9.17) is 0 Å². The van der Waals surface area contributed by atoms with Gasteiger partial charge >= 0.3 is 0 Å². The molecular weight excluding hydrogens is 366 g/mol. The summed E-state index contributed by atoms with van der Waals surface area (Å²) in [6.45, 7) is 8.42. The number of piperazine rings is 1. The van der Waals surface area contributed by atoms with E-state index in [0.717, 1.165) is 30.2 Å². The molecule has 7 nitrogen and oxygen atoms in total. The van der Waals surface area contributed by atoms with E-state index in [-0.39, 0.29) is 11.8 Å². The van der Waals surface area contributed by atoms with Gasteiger partial charge in [-0.2, -0.15) is 0 Å².